The number of amides is 1. The van der Waals surface area contributed by atoms with Gasteiger partial charge in [0.05, 0.1) is 18.4 Å². The molecule has 1 aliphatic heterocycles. The quantitative estimate of drug-likeness (QED) is 0.257. The molecule has 1 saturated heterocycles. The first-order valence-electron chi connectivity index (χ1n) is 10.7. The zero-order valence-corrected chi connectivity index (χ0v) is 20.7. The number of pyridine rings is 1. The molecule has 0 aliphatic carbocycles. The van der Waals surface area contributed by atoms with Crippen molar-refractivity contribution in [2.45, 2.75) is 50.7 Å². The van der Waals surface area contributed by atoms with Crippen LogP contribution in [0.25, 0.3) is 0 Å². The fraction of sp³-hybridized carbons (Fsp3) is 0.435. The number of carbonyl (C=O) groups excluding carboxylic acids is 2. The highest BCUT2D eigenvalue weighted by atomic mass is 35.5. The normalized spacial score (nSPS) is 23.9. The monoisotopic (exact) mass is 574 g/mol. The number of hydrogen-bond donors (Lipinski definition) is 1. The molecule has 0 saturated carbocycles. The first-order valence-corrected chi connectivity index (χ1v) is 11.1. The molecule has 38 heavy (non-hydrogen) atoms. The summed E-state index contributed by atoms with van der Waals surface area (Å²) in [5, 5.41) is 1.06. The van der Waals surface area contributed by atoms with Gasteiger partial charge in [0.15, 0.2) is 23.0 Å². The number of nitrogens with one attached hydrogen (secondary N) is 1. The van der Waals surface area contributed by atoms with E-state index in [0.29, 0.717) is 13.0 Å². The molecule has 0 bridgehead atoms. The van der Waals surface area contributed by atoms with Crippen LogP contribution in [-0.4, -0.2) is 41.7 Å². The molecule has 4 atom stereocenters. The predicted molar refractivity (Wildman–Crippen MR) is 117 cm³/mol. The molecule has 1 fully saturated rings. The number of hydrogen-bond acceptors (Lipinski definition) is 5. The number of alkyl halides is 6. The molecule has 15 heteroatoms. The second-order valence-electron chi connectivity index (χ2n) is 8.71. The van der Waals surface area contributed by atoms with Crippen LogP contribution in [0.1, 0.15) is 48.3 Å². The van der Waals surface area contributed by atoms with E-state index in [1.165, 1.54) is 0 Å². The lowest BCUT2D eigenvalue weighted by Gasteiger charge is -2.32. The summed E-state index contributed by atoms with van der Waals surface area (Å²) in [6.45, 7) is 2.60. The van der Waals surface area contributed by atoms with Crippen LogP contribution in [0.4, 0.5) is 40.8 Å². The summed E-state index contributed by atoms with van der Waals surface area (Å²) in [5.74, 6) is -9.28. The maximum Gasteiger partial charge on any atom is 0.433 e. The zero-order chi connectivity index (χ0) is 29.0. The minimum atomic E-state index is -5.07. The van der Waals surface area contributed by atoms with Crippen molar-refractivity contribution in [3.63, 3.8) is 0 Å². The Balaban J connectivity index is 2.18. The number of nitrogens with zero attached hydrogens (tertiary/aromatic N) is 1. The number of carbonyl (C=O) groups is 2. The molecule has 0 radical (unpaired) electrons. The Bertz CT molecular complexity index is 1280. The Labute approximate surface area is 215 Å². The molecule has 2 heterocycles. The molecule has 1 aromatic heterocycles. The zero-order valence-electron chi connectivity index (χ0n) is 19.9. The Kier molecular flexibility index (Phi) is 7.74. The summed E-state index contributed by atoms with van der Waals surface area (Å²) in [5.41, 5.74) is -6.39. The number of rotatable bonds is 5. The number of anilines is 1. The Morgan fingerprint density at radius 2 is 1.76 bits per heavy atom. The second kappa shape index (κ2) is 9.95. The molecule has 6 nitrogen and oxygen atoms in total. The van der Waals surface area contributed by atoms with Gasteiger partial charge in [0.1, 0.15) is 17.0 Å². The number of aromatic nitrogens is 1. The van der Waals surface area contributed by atoms with E-state index in [2.05, 4.69) is 4.98 Å². The highest BCUT2D eigenvalue weighted by molar-refractivity contribution is 6.33. The summed E-state index contributed by atoms with van der Waals surface area (Å²) in [6.07, 6.45) is -12.2. The van der Waals surface area contributed by atoms with Crippen LogP contribution in [0.15, 0.2) is 18.2 Å². The van der Waals surface area contributed by atoms with Crippen LogP contribution in [0.3, 0.4) is 0 Å². The third-order valence-corrected chi connectivity index (χ3v) is 6.72. The summed E-state index contributed by atoms with van der Waals surface area (Å²) in [4.78, 5) is 28.4. The maximum atomic E-state index is 14.5. The van der Waals surface area contributed by atoms with Gasteiger partial charge in [0.25, 0.3) is 5.91 Å². The number of halogens is 9. The Morgan fingerprint density at radius 3 is 2.26 bits per heavy atom. The number of benzene rings is 1. The van der Waals surface area contributed by atoms with E-state index >= 15 is 0 Å². The first kappa shape index (κ1) is 29.6. The molecule has 1 aliphatic rings. The van der Waals surface area contributed by atoms with Crippen LogP contribution < -0.4 is 10.1 Å². The molecule has 2 aromatic rings. The van der Waals surface area contributed by atoms with Crippen molar-refractivity contribution in [3.05, 3.63) is 51.8 Å². The SMILES string of the molecule is COc1c([C@H]2[C@H](C(=O)Nc3cc(C(F)(F)F)nc(Cl)c3C(C)=O)O[C@@](C)(C(F)(F)F)[C@H]2C)ccc(F)c1F. The van der Waals surface area contributed by atoms with E-state index in [1.807, 2.05) is 5.32 Å². The second-order valence-corrected chi connectivity index (χ2v) is 9.06. The number of ether oxygens (including phenoxy) is 2. The van der Waals surface area contributed by atoms with Crippen LogP contribution in [0.2, 0.25) is 5.15 Å². The average Bonchev–Trinajstić information content (AvgIpc) is 3.06. The average molecular weight is 575 g/mol. The van der Waals surface area contributed by atoms with E-state index in [-0.39, 0.29) is 11.6 Å². The highest BCUT2D eigenvalue weighted by Gasteiger charge is 2.66. The fourth-order valence-electron chi connectivity index (χ4n) is 4.34. The van der Waals surface area contributed by atoms with Gasteiger partial charge in [-0.15, -0.1) is 0 Å². The van der Waals surface area contributed by atoms with E-state index in [9.17, 15) is 44.7 Å². The molecule has 3 rings (SSSR count). The van der Waals surface area contributed by atoms with Crippen molar-refractivity contribution >= 4 is 29.0 Å². The van der Waals surface area contributed by atoms with Crippen molar-refractivity contribution < 1.29 is 54.2 Å². The number of Topliss-reactive ketones (excluding diaryl/α,β-unsaturated/α-hetero) is 1. The fourth-order valence-corrected chi connectivity index (χ4v) is 4.66. The van der Waals surface area contributed by atoms with Crippen LogP contribution in [0.5, 0.6) is 5.75 Å². The van der Waals surface area contributed by atoms with E-state index in [4.69, 9.17) is 21.1 Å². The van der Waals surface area contributed by atoms with Gasteiger partial charge in [-0.3, -0.25) is 9.59 Å². The molecule has 1 N–H and O–H groups in total. The third kappa shape index (κ3) is 5.03. The minimum absolute atomic E-state index is 0.287. The van der Waals surface area contributed by atoms with Crippen molar-refractivity contribution in [3.8, 4) is 5.75 Å². The predicted octanol–water partition coefficient (Wildman–Crippen LogP) is 6.32. The standard InChI is InChI=1S/C23H19ClF8N2O4/c1-8-14(10-5-6-11(25)16(26)17(10)37-4)18(38-21(8,3)23(30,31)32)20(36)33-12-7-13(22(27,28)29)34-19(24)15(12)9(2)35/h5-8,14,18H,1-4H3,(H,33,34,36)/t8-,14-,18+,21+/m0/s1. The highest BCUT2D eigenvalue weighted by Crippen LogP contribution is 2.55. The van der Waals surface area contributed by atoms with Crippen LogP contribution in [-0.2, 0) is 15.7 Å². The van der Waals surface area contributed by atoms with Gasteiger partial charge in [-0.2, -0.15) is 30.7 Å². The minimum Gasteiger partial charge on any atom is -0.493 e. The van der Waals surface area contributed by atoms with Crippen molar-refractivity contribution in [2.75, 3.05) is 12.4 Å². The largest absolute Gasteiger partial charge is 0.493 e. The van der Waals surface area contributed by atoms with Gasteiger partial charge in [0, 0.05) is 17.4 Å². The molecule has 0 spiro atoms. The van der Waals surface area contributed by atoms with E-state index < -0.39 is 87.1 Å². The molecular formula is C23H19ClF8N2O4. The van der Waals surface area contributed by atoms with Gasteiger partial charge in [-0.1, -0.05) is 24.6 Å². The smallest absolute Gasteiger partial charge is 0.433 e. The van der Waals surface area contributed by atoms with Crippen molar-refractivity contribution in [1.82, 2.24) is 4.98 Å². The summed E-state index contributed by atoms with van der Waals surface area (Å²) in [6, 6.07) is 1.81. The van der Waals surface area contributed by atoms with Crippen molar-refractivity contribution in [1.29, 1.82) is 0 Å². The summed E-state index contributed by atoms with van der Waals surface area (Å²) < 4.78 is 120. The van der Waals surface area contributed by atoms with Gasteiger partial charge in [-0.05, 0) is 26.0 Å². The first-order chi connectivity index (χ1) is 17.3. The van der Waals surface area contributed by atoms with E-state index in [1.54, 1.807) is 0 Å². The van der Waals surface area contributed by atoms with Gasteiger partial charge in [0.2, 0.25) is 5.82 Å². The lowest BCUT2D eigenvalue weighted by atomic mass is 9.77. The Morgan fingerprint density at radius 1 is 1.16 bits per heavy atom. The van der Waals surface area contributed by atoms with Gasteiger partial charge < -0.3 is 14.8 Å². The topological polar surface area (TPSA) is 77.5 Å². The van der Waals surface area contributed by atoms with Crippen molar-refractivity contribution in [2.24, 2.45) is 5.92 Å². The number of methoxy groups -OCH3 is 1. The molecular weight excluding hydrogens is 556 g/mol. The lowest BCUT2D eigenvalue weighted by Crippen LogP contribution is -2.47. The Hall–Kier alpha value is -3.00. The lowest BCUT2D eigenvalue weighted by molar-refractivity contribution is -0.272. The molecule has 208 valence electrons. The van der Waals surface area contributed by atoms with Gasteiger partial charge >= 0.3 is 12.4 Å². The molecule has 1 aromatic carbocycles. The van der Waals surface area contributed by atoms with E-state index in [0.717, 1.165) is 27.0 Å². The van der Waals surface area contributed by atoms with Crippen LogP contribution in [0, 0.1) is 17.6 Å². The van der Waals surface area contributed by atoms with Crippen LogP contribution >= 0.6 is 11.6 Å². The molecule has 0 unspecified atom stereocenters. The number of ketones is 1. The molecule has 1 amide bonds. The maximum absolute atomic E-state index is 14.5. The summed E-state index contributed by atoms with van der Waals surface area (Å²) >= 11 is 5.75. The third-order valence-electron chi connectivity index (χ3n) is 6.45. The van der Waals surface area contributed by atoms with Gasteiger partial charge in [-0.25, -0.2) is 9.37 Å². The summed E-state index contributed by atoms with van der Waals surface area (Å²) in [7, 11) is 0.927.